The minimum Gasteiger partial charge on any atom is -0.478 e. The third-order valence-corrected chi connectivity index (χ3v) is 5.03. The minimum atomic E-state index is 0.744. The molecule has 2 heterocycles. The first-order valence-electron chi connectivity index (χ1n) is 10.6. The van der Waals surface area contributed by atoms with Crippen LogP contribution in [-0.4, -0.2) is 23.2 Å². The summed E-state index contributed by atoms with van der Waals surface area (Å²) in [6, 6.07) is 8.23. The van der Waals surface area contributed by atoms with Crippen molar-refractivity contribution in [1.29, 1.82) is 0 Å². The lowest BCUT2D eigenvalue weighted by Gasteiger charge is -2.19. The zero-order valence-corrected chi connectivity index (χ0v) is 16.8. The molecule has 0 atom stereocenters. The second-order valence-electron chi connectivity index (χ2n) is 7.25. The Morgan fingerprint density at radius 1 is 0.667 bits per heavy atom. The summed E-state index contributed by atoms with van der Waals surface area (Å²) >= 11 is 0. The van der Waals surface area contributed by atoms with E-state index < -0.39 is 0 Å². The van der Waals surface area contributed by atoms with Gasteiger partial charge in [-0.1, -0.05) is 46.0 Å². The summed E-state index contributed by atoms with van der Waals surface area (Å²) < 4.78 is 11.6. The number of pyridine rings is 2. The lowest BCUT2D eigenvalue weighted by molar-refractivity contribution is 0.292. The van der Waals surface area contributed by atoms with Gasteiger partial charge in [0.05, 0.1) is 24.6 Å². The number of hydrogen-bond donors (Lipinski definition) is 0. The molecule has 0 aliphatic heterocycles. The fourth-order valence-corrected chi connectivity index (χ4v) is 3.47. The second-order valence-corrected chi connectivity index (χ2v) is 7.25. The van der Waals surface area contributed by atoms with Crippen molar-refractivity contribution in [2.75, 3.05) is 13.2 Å². The molecule has 0 radical (unpaired) electrons. The Hall–Kier alpha value is -2.10. The summed E-state index contributed by atoms with van der Waals surface area (Å²) in [6.07, 6.45) is 10.1. The maximum absolute atomic E-state index is 5.84. The summed E-state index contributed by atoms with van der Waals surface area (Å²) in [5, 5.41) is 0. The third-order valence-electron chi connectivity index (χ3n) is 5.03. The van der Waals surface area contributed by atoms with Gasteiger partial charge in [0.2, 0.25) is 11.8 Å². The van der Waals surface area contributed by atoms with Gasteiger partial charge in [-0.25, -0.2) is 9.97 Å². The summed E-state index contributed by atoms with van der Waals surface area (Å²) in [5.41, 5.74) is 4.59. The lowest BCUT2D eigenvalue weighted by Crippen LogP contribution is -2.10. The molecule has 0 saturated heterocycles. The summed E-state index contributed by atoms with van der Waals surface area (Å²) in [6.45, 7) is 5.92. The minimum absolute atomic E-state index is 0.744. The number of unbranched alkanes of at least 4 members (excludes halogenated alkanes) is 5. The predicted molar refractivity (Wildman–Crippen MR) is 110 cm³/mol. The van der Waals surface area contributed by atoms with Crippen molar-refractivity contribution < 1.29 is 9.47 Å². The van der Waals surface area contributed by atoms with Gasteiger partial charge in [0.15, 0.2) is 0 Å². The SMILES string of the molecule is CCCCCCOc1ccc2c(n1)CCc1nc(OCCCCC)ccc1-2. The number of ether oxygens (including phenoxy) is 2. The van der Waals surface area contributed by atoms with Crippen LogP contribution in [0.4, 0.5) is 0 Å². The van der Waals surface area contributed by atoms with Gasteiger partial charge in [0.1, 0.15) is 0 Å². The van der Waals surface area contributed by atoms with Crippen molar-refractivity contribution in [3.05, 3.63) is 35.7 Å². The van der Waals surface area contributed by atoms with Crippen LogP contribution in [0, 0.1) is 0 Å². The average Bonchev–Trinajstić information content (AvgIpc) is 2.70. The van der Waals surface area contributed by atoms with E-state index in [9.17, 15) is 0 Å². The van der Waals surface area contributed by atoms with Crippen LogP contribution in [-0.2, 0) is 12.8 Å². The second kappa shape index (κ2) is 10.3. The summed E-state index contributed by atoms with van der Waals surface area (Å²) in [5.74, 6) is 1.49. The van der Waals surface area contributed by atoms with Crippen LogP contribution >= 0.6 is 0 Å². The van der Waals surface area contributed by atoms with Gasteiger partial charge in [0, 0.05) is 23.3 Å². The van der Waals surface area contributed by atoms with Gasteiger partial charge < -0.3 is 9.47 Å². The molecule has 0 fully saturated rings. The Morgan fingerprint density at radius 3 is 1.67 bits per heavy atom. The molecule has 0 N–H and O–H groups in total. The van der Waals surface area contributed by atoms with Crippen LogP contribution in [0.2, 0.25) is 0 Å². The highest BCUT2D eigenvalue weighted by molar-refractivity contribution is 5.71. The monoisotopic (exact) mass is 368 g/mol. The smallest absolute Gasteiger partial charge is 0.213 e. The topological polar surface area (TPSA) is 44.2 Å². The molecule has 1 aliphatic carbocycles. The van der Waals surface area contributed by atoms with Crippen LogP contribution in [0.5, 0.6) is 11.8 Å². The molecule has 0 bridgehead atoms. The van der Waals surface area contributed by atoms with Crippen molar-refractivity contribution in [2.24, 2.45) is 0 Å². The molecule has 1 aliphatic rings. The molecule has 4 heteroatoms. The van der Waals surface area contributed by atoms with E-state index in [4.69, 9.17) is 19.4 Å². The Labute approximate surface area is 163 Å². The molecule has 4 nitrogen and oxygen atoms in total. The van der Waals surface area contributed by atoms with Gasteiger partial charge in [-0.05, 0) is 37.8 Å². The van der Waals surface area contributed by atoms with Crippen LogP contribution in [0.25, 0.3) is 11.1 Å². The first-order chi connectivity index (χ1) is 13.3. The highest BCUT2D eigenvalue weighted by atomic mass is 16.5. The molecule has 2 aromatic heterocycles. The number of aromatic nitrogens is 2. The van der Waals surface area contributed by atoms with Crippen LogP contribution < -0.4 is 9.47 Å². The van der Waals surface area contributed by atoms with Crippen LogP contribution in [0.3, 0.4) is 0 Å². The molecule has 0 amide bonds. The summed E-state index contributed by atoms with van der Waals surface area (Å²) in [7, 11) is 0. The zero-order valence-electron chi connectivity index (χ0n) is 16.8. The Morgan fingerprint density at radius 2 is 1.15 bits per heavy atom. The molecule has 0 spiro atoms. The first kappa shape index (κ1) is 19.7. The molecule has 0 aromatic carbocycles. The van der Waals surface area contributed by atoms with E-state index in [0.717, 1.165) is 62.0 Å². The molecular formula is C23H32N2O2. The zero-order chi connectivity index (χ0) is 18.9. The van der Waals surface area contributed by atoms with Crippen LogP contribution in [0.1, 0.15) is 70.2 Å². The molecular weight excluding hydrogens is 336 g/mol. The van der Waals surface area contributed by atoms with Gasteiger partial charge in [-0.2, -0.15) is 0 Å². The standard InChI is InChI=1S/C23H32N2O2/c1-3-5-7-9-17-27-23-15-11-19-18-10-14-22(26-16-8-6-4-2)24-20(18)12-13-21(19)25-23/h10-11,14-15H,3-9,12-13,16-17H2,1-2H3. The van der Waals surface area contributed by atoms with Crippen molar-refractivity contribution in [2.45, 2.75) is 71.6 Å². The van der Waals surface area contributed by atoms with E-state index >= 15 is 0 Å². The van der Waals surface area contributed by atoms with Gasteiger partial charge in [-0.3, -0.25) is 0 Å². The summed E-state index contributed by atoms with van der Waals surface area (Å²) in [4.78, 5) is 9.47. The predicted octanol–water partition coefficient (Wildman–Crippen LogP) is 5.77. The molecule has 3 rings (SSSR count). The third kappa shape index (κ3) is 5.44. The molecule has 27 heavy (non-hydrogen) atoms. The van der Waals surface area contributed by atoms with Crippen molar-refractivity contribution >= 4 is 0 Å². The largest absolute Gasteiger partial charge is 0.478 e. The van der Waals surface area contributed by atoms with Crippen molar-refractivity contribution in [3.63, 3.8) is 0 Å². The van der Waals surface area contributed by atoms with E-state index in [-0.39, 0.29) is 0 Å². The van der Waals surface area contributed by atoms with Crippen LogP contribution in [0.15, 0.2) is 24.3 Å². The van der Waals surface area contributed by atoms with Crippen molar-refractivity contribution in [3.8, 4) is 22.9 Å². The Bertz CT molecular complexity index is 730. The van der Waals surface area contributed by atoms with Gasteiger partial charge in [-0.15, -0.1) is 0 Å². The van der Waals surface area contributed by atoms with E-state index in [1.807, 2.05) is 12.1 Å². The molecule has 0 saturated carbocycles. The van der Waals surface area contributed by atoms with E-state index in [1.165, 1.54) is 43.2 Å². The van der Waals surface area contributed by atoms with Gasteiger partial charge in [0.25, 0.3) is 0 Å². The first-order valence-corrected chi connectivity index (χ1v) is 10.6. The number of nitrogens with zero attached hydrogens (tertiary/aromatic N) is 2. The number of rotatable bonds is 11. The Kier molecular flexibility index (Phi) is 7.49. The Balaban J connectivity index is 1.62. The maximum Gasteiger partial charge on any atom is 0.213 e. The number of aryl methyl sites for hydroxylation is 2. The average molecular weight is 369 g/mol. The maximum atomic E-state index is 5.84. The highest BCUT2D eigenvalue weighted by Crippen LogP contribution is 2.34. The fraction of sp³-hybridized carbons (Fsp3) is 0.565. The number of hydrogen-bond acceptors (Lipinski definition) is 4. The highest BCUT2D eigenvalue weighted by Gasteiger charge is 2.19. The van der Waals surface area contributed by atoms with E-state index in [0.29, 0.717) is 0 Å². The quantitative estimate of drug-likeness (QED) is 0.472. The molecule has 0 unspecified atom stereocenters. The lowest BCUT2D eigenvalue weighted by atomic mass is 9.92. The molecule has 146 valence electrons. The fourth-order valence-electron chi connectivity index (χ4n) is 3.47. The normalized spacial score (nSPS) is 12.4. The number of fused-ring (bicyclic) bond motifs is 3. The van der Waals surface area contributed by atoms with E-state index in [1.54, 1.807) is 0 Å². The van der Waals surface area contributed by atoms with E-state index in [2.05, 4.69) is 26.0 Å². The van der Waals surface area contributed by atoms with Gasteiger partial charge >= 0.3 is 0 Å². The molecule has 2 aromatic rings. The van der Waals surface area contributed by atoms with Crippen molar-refractivity contribution in [1.82, 2.24) is 9.97 Å².